The summed E-state index contributed by atoms with van der Waals surface area (Å²) < 4.78 is 6.36. The monoisotopic (exact) mass is 493 g/mol. The van der Waals surface area contributed by atoms with Crippen LogP contribution in [-0.2, 0) is 9.59 Å². The van der Waals surface area contributed by atoms with E-state index in [1.165, 1.54) is 6.21 Å². The summed E-state index contributed by atoms with van der Waals surface area (Å²) in [4.78, 5) is 36.7. The van der Waals surface area contributed by atoms with Crippen LogP contribution in [0.5, 0.6) is 5.75 Å². The molecule has 0 unspecified atom stereocenters. The Labute approximate surface area is 193 Å². The number of benzene rings is 3. The van der Waals surface area contributed by atoms with Gasteiger partial charge in [0.15, 0.2) is 0 Å². The molecule has 3 aromatic rings. The summed E-state index contributed by atoms with van der Waals surface area (Å²) in [6.07, 6.45) is 1.30. The third-order valence-electron chi connectivity index (χ3n) is 4.50. The number of aryl methyl sites for hydroxylation is 2. The summed E-state index contributed by atoms with van der Waals surface area (Å²) >= 11 is 3.34. The van der Waals surface area contributed by atoms with Crippen LogP contribution in [-0.4, -0.2) is 24.0 Å². The Balaban J connectivity index is 1.64. The number of carbonyl (C=O) groups is 3. The molecule has 0 spiro atoms. The normalized spacial score (nSPS) is 10.6. The van der Waals surface area contributed by atoms with Gasteiger partial charge in [-0.25, -0.2) is 10.2 Å². The zero-order valence-electron chi connectivity index (χ0n) is 17.4. The first-order valence-corrected chi connectivity index (χ1v) is 10.4. The minimum atomic E-state index is -0.932. The van der Waals surface area contributed by atoms with Crippen molar-refractivity contribution in [1.82, 2.24) is 5.43 Å². The molecule has 162 valence electrons. The fraction of sp³-hybridized carbons (Fsp3) is 0.0833. The van der Waals surface area contributed by atoms with E-state index in [1.54, 1.807) is 48.5 Å². The van der Waals surface area contributed by atoms with Gasteiger partial charge < -0.3 is 10.1 Å². The van der Waals surface area contributed by atoms with Crippen molar-refractivity contribution in [3.8, 4) is 5.75 Å². The molecule has 0 aliphatic rings. The molecule has 3 rings (SSSR count). The van der Waals surface area contributed by atoms with Crippen molar-refractivity contribution in [2.24, 2.45) is 5.10 Å². The number of nitrogens with one attached hydrogen (secondary N) is 2. The van der Waals surface area contributed by atoms with E-state index in [0.717, 1.165) is 15.6 Å². The summed E-state index contributed by atoms with van der Waals surface area (Å²) in [6.45, 7) is 3.63. The van der Waals surface area contributed by atoms with Gasteiger partial charge in [-0.3, -0.25) is 9.59 Å². The molecule has 0 heterocycles. The first kappa shape index (κ1) is 22.9. The molecule has 0 aromatic heterocycles. The van der Waals surface area contributed by atoms with E-state index in [0.29, 0.717) is 16.8 Å². The van der Waals surface area contributed by atoms with Gasteiger partial charge in [-0.1, -0.05) is 46.3 Å². The van der Waals surface area contributed by atoms with Crippen molar-refractivity contribution < 1.29 is 19.1 Å². The maximum Gasteiger partial charge on any atom is 0.343 e. The maximum absolute atomic E-state index is 12.5. The summed E-state index contributed by atoms with van der Waals surface area (Å²) in [6, 6.07) is 19.1. The van der Waals surface area contributed by atoms with Gasteiger partial charge in [-0.15, -0.1) is 0 Å². The van der Waals surface area contributed by atoms with Crippen molar-refractivity contribution in [2.75, 3.05) is 5.32 Å². The molecule has 0 saturated heterocycles. The first-order chi connectivity index (χ1) is 15.3. The number of halogens is 1. The lowest BCUT2D eigenvalue weighted by Crippen LogP contribution is -2.32. The fourth-order valence-electron chi connectivity index (χ4n) is 2.79. The van der Waals surface area contributed by atoms with Gasteiger partial charge in [0.25, 0.3) is 0 Å². The Morgan fingerprint density at radius 1 is 0.906 bits per heavy atom. The van der Waals surface area contributed by atoms with E-state index in [2.05, 4.69) is 31.8 Å². The van der Waals surface area contributed by atoms with E-state index < -0.39 is 17.8 Å². The van der Waals surface area contributed by atoms with E-state index in [9.17, 15) is 14.4 Å². The second kappa shape index (κ2) is 10.5. The number of hydrazone groups is 1. The van der Waals surface area contributed by atoms with Gasteiger partial charge in [0.1, 0.15) is 5.75 Å². The number of hydrogen-bond acceptors (Lipinski definition) is 5. The Kier molecular flexibility index (Phi) is 7.51. The Bertz CT molecular complexity index is 1210. The van der Waals surface area contributed by atoms with Crippen molar-refractivity contribution in [2.45, 2.75) is 13.8 Å². The van der Waals surface area contributed by atoms with Crippen LogP contribution >= 0.6 is 15.9 Å². The van der Waals surface area contributed by atoms with Crippen LogP contribution in [0.2, 0.25) is 0 Å². The molecule has 0 atom stereocenters. The molecule has 32 heavy (non-hydrogen) atoms. The van der Waals surface area contributed by atoms with Crippen LogP contribution in [0.1, 0.15) is 27.0 Å². The predicted octanol–water partition coefficient (Wildman–Crippen LogP) is 4.37. The van der Waals surface area contributed by atoms with Crippen LogP contribution in [0, 0.1) is 13.8 Å². The summed E-state index contributed by atoms with van der Waals surface area (Å²) in [5, 5.41) is 6.35. The van der Waals surface area contributed by atoms with Crippen molar-refractivity contribution in [1.29, 1.82) is 0 Å². The highest BCUT2D eigenvalue weighted by Crippen LogP contribution is 2.20. The summed E-state index contributed by atoms with van der Waals surface area (Å²) in [5.74, 6) is -2.02. The highest BCUT2D eigenvalue weighted by molar-refractivity contribution is 9.10. The molecular formula is C24H20BrN3O4. The molecule has 0 aliphatic heterocycles. The quantitative estimate of drug-likeness (QED) is 0.181. The minimum Gasteiger partial charge on any atom is -0.422 e. The number of anilines is 1. The zero-order chi connectivity index (χ0) is 23.1. The van der Waals surface area contributed by atoms with Gasteiger partial charge in [-0.2, -0.15) is 5.10 Å². The van der Waals surface area contributed by atoms with Crippen LogP contribution in [0.3, 0.4) is 0 Å². The van der Waals surface area contributed by atoms with E-state index in [4.69, 9.17) is 4.74 Å². The molecular weight excluding hydrogens is 474 g/mol. The zero-order valence-corrected chi connectivity index (χ0v) is 19.0. The number of nitrogens with zero attached hydrogens (tertiary/aromatic N) is 1. The largest absolute Gasteiger partial charge is 0.422 e. The van der Waals surface area contributed by atoms with Crippen molar-refractivity contribution in [3.63, 3.8) is 0 Å². The lowest BCUT2D eigenvalue weighted by Gasteiger charge is -2.09. The second-order valence-electron chi connectivity index (χ2n) is 6.85. The first-order valence-electron chi connectivity index (χ1n) is 9.62. The lowest BCUT2D eigenvalue weighted by molar-refractivity contribution is -0.136. The Morgan fingerprint density at radius 3 is 2.38 bits per heavy atom. The topological polar surface area (TPSA) is 96.9 Å². The van der Waals surface area contributed by atoms with Gasteiger partial charge in [0, 0.05) is 15.7 Å². The molecule has 0 radical (unpaired) electrons. The van der Waals surface area contributed by atoms with Crippen LogP contribution < -0.4 is 15.5 Å². The van der Waals surface area contributed by atoms with Gasteiger partial charge >= 0.3 is 17.8 Å². The number of rotatable bonds is 5. The molecule has 0 aliphatic carbocycles. The molecule has 0 fully saturated rings. The second-order valence-corrected chi connectivity index (χ2v) is 7.77. The van der Waals surface area contributed by atoms with Gasteiger partial charge in [0.05, 0.1) is 11.8 Å². The summed E-state index contributed by atoms with van der Waals surface area (Å²) in [5.41, 5.74) is 5.19. The van der Waals surface area contributed by atoms with E-state index in [-0.39, 0.29) is 5.75 Å². The molecule has 0 saturated carbocycles. The number of para-hydroxylation sites is 1. The molecule has 7 nitrogen and oxygen atoms in total. The van der Waals surface area contributed by atoms with Crippen LogP contribution in [0.4, 0.5) is 5.69 Å². The molecule has 8 heteroatoms. The fourth-order valence-corrected chi connectivity index (χ4v) is 3.27. The smallest absolute Gasteiger partial charge is 0.343 e. The highest BCUT2D eigenvalue weighted by atomic mass is 79.9. The standard InChI is InChI=1S/C24H20BrN3O4/c1-15-7-3-5-9-19(15)24(31)32-21-10-6-4-8-17(21)14-26-28-23(30)22(29)27-20-12-11-18(25)13-16(20)2/h3-14H,1-2H3,(H,27,29)(H,28,30)/b26-14+. The van der Waals surface area contributed by atoms with Crippen molar-refractivity contribution in [3.05, 3.63) is 93.5 Å². The van der Waals surface area contributed by atoms with Gasteiger partial charge in [0.2, 0.25) is 0 Å². The van der Waals surface area contributed by atoms with E-state index in [1.807, 2.05) is 32.0 Å². The number of amides is 2. The van der Waals surface area contributed by atoms with E-state index >= 15 is 0 Å². The highest BCUT2D eigenvalue weighted by Gasteiger charge is 2.15. The molecule has 2 N–H and O–H groups in total. The third kappa shape index (κ3) is 5.89. The minimum absolute atomic E-state index is 0.272. The molecule has 2 amide bonds. The van der Waals surface area contributed by atoms with Crippen molar-refractivity contribution >= 4 is 45.6 Å². The van der Waals surface area contributed by atoms with Crippen LogP contribution in [0.25, 0.3) is 0 Å². The Morgan fingerprint density at radius 2 is 1.62 bits per heavy atom. The SMILES string of the molecule is Cc1cc(Br)ccc1NC(=O)C(=O)N/N=C/c1ccccc1OC(=O)c1ccccc1C. The van der Waals surface area contributed by atoms with Gasteiger partial charge in [-0.05, 0) is 61.4 Å². The average Bonchev–Trinajstić information content (AvgIpc) is 2.77. The average molecular weight is 494 g/mol. The molecule has 0 bridgehead atoms. The number of carbonyl (C=O) groups excluding carboxylic acids is 3. The summed E-state index contributed by atoms with van der Waals surface area (Å²) in [7, 11) is 0. The number of ether oxygens (including phenoxy) is 1. The lowest BCUT2D eigenvalue weighted by atomic mass is 10.1. The number of hydrogen-bond donors (Lipinski definition) is 2. The van der Waals surface area contributed by atoms with Crippen LogP contribution in [0.15, 0.2) is 76.3 Å². The Hall–Kier alpha value is -3.78. The number of esters is 1. The maximum atomic E-state index is 12.5. The predicted molar refractivity (Wildman–Crippen MR) is 126 cm³/mol. The molecule has 3 aromatic carbocycles. The third-order valence-corrected chi connectivity index (χ3v) is 4.99.